The predicted octanol–water partition coefficient (Wildman–Crippen LogP) is 6.82. The zero-order valence-corrected chi connectivity index (χ0v) is 20.2. The molecule has 5 nitrogen and oxygen atoms in total. The van der Waals surface area contributed by atoms with Crippen LogP contribution in [0.2, 0.25) is 10.0 Å². The molecule has 0 bridgehead atoms. The lowest BCUT2D eigenvalue weighted by atomic mass is 10.1. The molecule has 0 fully saturated rings. The zero-order chi connectivity index (χ0) is 23.2. The van der Waals surface area contributed by atoms with Crippen molar-refractivity contribution in [2.24, 2.45) is 0 Å². The van der Waals surface area contributed by atoms with Gasteiger partial charge in [0.05, 0.1) is 24.0 Å². The quantitative estimate of drug-likeness (QED) is 0.197. The molecule has 2 heterocycles. The Morgan fingerprint density at radius 3 is 2.55 bits per heavy atom. The fourth-order valence-electron chi connectivity index (χ4n) is 3.23. The highest BCUT2D eigenvalue weighted by atomic mass is 35.5. The molecule has 0 atom stereocenters. The second kappa shape index (κ2) is 10.9. The summed E-state index contributed by atoms with van der Waals surface area (Å²) in [5, 5.41) is 1.34. The van der Waals surface area contributed by atoms with Crippen LogP contribution in [0.5, 0.6) is 0 Å². The minimum atomic E-state index is -0.300. The third-order valence-corrected chi connectivity index (χ3v) is 6.48. The van der Waals surface area contributed by atoms with E-state index in [1.54, 1.807) is 29.4 Å². The fourth-order valence-corrected chi connectivity index (χ4v) is 4.42. The van der Waals surface area contributed by atoms with E-state index in [2.05, 4.69) is 29.0 Å². The Kier molecular flexibility index (Phi) is 7.70. The molecule has 4 aromatic rings. The SMILES string of the molecule is Cc1ccccc1CSc1ncc(Cl)c(C(=O)N(Cc2ccc(Cl)cc2)Cc2ccco2)n1. The third-order valence-electron chi connectivity index (χ3n) is 5.04. The van der Waals surface area contributed by atoms with Crippen molar-refractivity contribution in [1.82, 2.24) is 14.9 Å². The molecule has 0 aliphatic heterocycles. The Hall–Kier alpha value is -2.80. The number of nitrogens with zero attached hydrogens (tertiary/aromatic N) is 3. The number of rotatable bonds is 8. The average Bonchev–Trinajstić information content (AvgIpc) is 3.33. The average molecular weight is 498 g/mol. The first-order valence-corrected chi connectivity index (χ1v) is 12.0. The van der Waals surface area contributed by atoms with Gasteiger partial charge in [-0.25, -0.2) is 9.97 Å². The molecule has 0 radical (unpaired) electrons. The number of benzene rings is 2. The first kappa shape index (κ1) is 23.4. The monoisotopic (exact) mass is 497 g/mol. The van der Waals surface area contributed by atoms with Gasteiger partial charge in [0, 0.05) is 17.3 Å². The molecule has 0 aliphatic carbocycles. The molecule has 4 rings (SSSR count). The van der Waals surface area contributed by atoms with Crippen LogP contribution in [0.15, 0.2) is 82.7 Å². The van der Waals surface area contributed by atoms with Crippen molar-refractivity contribution in [2.75, 3.05) is 0 Å². The molecule has 168 valence electrons. The van der Waals surface area contributed by atoms with E-state index in [0.29, 0.717) is 28.2 Å². The van der Waals surface area contributed by atoms with Gasteiger partial charge in [0.15, 0.2) is 10.9 Å². The molecule has 0 aliphatic rings. The Balaban J connectivity index is 1.57. The molecule has 33 heavy (non-hydrogen) atoms. The minimum absolute atomic E-state index is 0.166. The topological polar surface area (TPSA) is 59.2 Å². The highest BCUT2D eigenvalue weighted by Crippen LogP contribution is 2.25. The standard InChI is InChI=1S/C25H21Cl2N3O2S/c1-17-5-2-3-6-19(17)16-33-25-28-13-22(27)23(29-25)24(31)30(15-21-7-4-12-32-21)14-18-8-10-20(26)11-9-18/h2-13H,14-16H2,1H3. The van der Waals surface area contributed by atoms with Crippen LogP contribution in [-0.4, -0.2) is 20.8 Å². The van der Waals surface area contributed by atoms with Crippen molar-refractivity contribution in [2.45, 2.75) is 30.9 Å². The van der Waals surface area contributed by atoms with E-state index in [1.807, 2.05) is 30.3 Å². The Morgan fingerprint density at radius 2 is 1.82 bits per heavy atom. The maximum atomic E-state index is 13.5. The third kappa shape index (κ3) is 6.16. The van der Waals surface area contributed by atoms with Crippen molar-refractivity contribution >= 4 is 40.9 Å². The minimum Gasteiger partial charge on any atom is -0.467 e. The molecule has 1 amide bonds. The molecular weight excluding hydrogens is 477 g/mol. The van der Waals surface area contributed by atoms with Crippen LogP contribution in [0.25, 0.3) is 0 Å². The van der Waals surface area contributed by atoms with Gasteiger partial charge in [0.2, 0.25) is 0 Å². The fraction of sp³-hybridized carbons (Fsp3) is 0.160. The maximum Gasteiger partial charge on any atom is 0.274 e. The number of furan rings is 1. The number of aryl methyl sites for hydroxylation is 1. The smallest absolute Gasteiger partial charge is 0.274 e. The highest BCUT2D eigenvalue weighted by molar-refractivity contribution is 7.98. The van der Waals surface area contributed by atoms with E-state index in [0.717, 1.165) is 5.56 Å². The Morgan fingerprint density at radius 1 is 1.03 bits per heavy atom. The van der Waals surface area contributed by atoms with Gasteiger partial charge in [-0.2, -0.15) is 0 Å². The number of carbonyl (C=O) groups excluding carboxylic acids is 1. The second-order valence-corrected chi connectivity index (χ2v) is 9.22. The van der Waals surface area contributed by atoms with Crippen molar-refractivity contribution in [3.05, 3.63) is 111 Å². The lowest BCUT2D eigenvalue weighted by Gasteiger charge is -2.22. The summed E-state index contributed by atoms with van der Waals surface area (Å²) in [6.45, 7) is 2.69. The van der Waals surface area contributed by atoms with Crippen LogP contribution in [0.4, 0.5) is 0 Å². The van der Waals surface area contributed by atoms with E-state index in [-0.39, 0.29) is 23.2 Å². The number of hydrogen-bond acceptors (Lipinski definition) is 5. The van der Waals surface area contributed by atoms with E-state index >= 15 is 0 Å². The summed E-state index contributed by atoms with van der Waals surface area (Å²) < 4.78 is 5.47. The lowest BCUT2D eigenvalue weighted by Crippen LogP contribution is -2.31. The van der Waals surface area contributed by atoms with E-state index in [9.17, 15) is 4.79 Å². The van der Waals surface area contributed by atoms with Crippen molar-refractivity contribution in [1.29, 1.82) is 0 Å². The molecule has 8 heteroatoms. The molecular formula is C25H21Cl2N3O2S. The second-order valence-electron chi connectivity index (χ2n) is 7.43. The number of amides is 1. The van der Waals surface area contributed by atoms with Gasteiger partial charge < -0.3 is 9.32 Å². The van der Waals surface area contributed by atoms with E-state index < -0.39 is 0 Å². The number of aromatic nitrogens is 2. The number of carbonyl (C=O) groups is 1. The molecule has 0 saturated carbocycles. The first-order valence-electron chi connectivity index (χ1n) is 10.3. The van der Waals surface area contributed by atoms with Gasteiger partial charge in [0.1, 0.15) is 5.76 Å². The van der Waals surface area contributed by atoms with E-state index in [4.69, 9.17) is 27.6 Å². The van der Waals surface area contributed by atoms with Crippen LogP contribution < -0.4 is 0 Å². The van der Waals surface area contributed by atoms with Gasteiger partial charge in [-0.05, 0) is 47.9 Å². The lowest BCUT2D eigenvalue weighted by molar-refractivity contribution is 0.0710. The van der Waals surface area contributed by atoms with Crippen LogP contribution in [0.1, 0.15) is 32.9 Å². The summed E-state index contributed by atoms with van der Waals surface area (Å²) >= 11 is 13.8. The molecule has 2 aromatic heterocycles. The molecule has 0 spiro atoms. The molecule has 2 aromatic carbocycles. The van der Waals surface area contributed by atoms with Gasteiger partial charge in [0.25, 0.3) is 5.91 Å². The normalized spacial score (nSPS) is 10.9. The van der Waals surface area contributed by atoms with Gasteiger partial charge in [-0.1, -0.05) is 71.4 Å². The summed E-state index contributed by atoms with van der Waals surface area (Å²) in [7, 11) is 0. The van der Waals surface area contributed by atoms with Crippen LogP contribution in [0.3, 0.4) is 0 Å². The Labute approximate surface area is 206 Å². The number of hydrogen-bond donors (Lipinski definition) is 0. The zero-order valence-electron chi connectivity index (χ0n) is 17.9. The largest absolute Gasteiger partial charge is 0.467 e. The highest BCUT2D eigenvalue weighted by Gasteiger charge is 2.23. The summed E-state index contributed by atoms with van der Waals surface area (Å²) in [5.41, 5.74) is 3.48. The predicted molar refractivity (Wildman–Crippen MR) is 132 cm³/mol. The van der Waals surface area contributed by atoms with Gasteiger partial charge in [-0.15, -0.1) is 0 Å². The van der Waals surface area contributed by atoms with Gasteiger partial charge in [-0.3, -0.25) is 4.79 Å². The molecule has 0 saturated heterocycles. The molecule has 0 N–H and O–H groups in total. The van der Waals surface area contributed by atoms with Crippen molar-refractivity contribution < 1.29 is 9.21 Å². The van der Waals surface area contributed by atoms with Crippen LogP contribution >= 0.6 is 35.0 Å². The van der Waals surface area contributed by atoms with Crippen LogP contribution in [-0.2, 0) is 18.8 Å². The maximum absolute atomic E-state index is 13.5. The summed E-state index contributed by atoms with van der Waals surface area (Å²) in [6.07, 6.45) is 3.06. The van der Waals surface area contributed by atoms with Crippen molar-refractivity contribution in [3.63, 3.8) is 0 Å². The summed E-state index contributed by atoms with van der Waals surface area (Å²) in [4.78, 5) is 24.0. The van der Waals surface area contributed by atoms with Crippen molar-refractivity contribution in [3.8, 4) is 0 Å². The summed E-state index contributed by atoms with van der Waals surface area (Å²) in [5.74, 6) is 1.06. The number of halogens is 2. The molecule has 0 unspecified atom stereocenters. The van der Waals surface area contributed by atoms with Crippen LogP contribution in [0, 0.1) is 6.92 Å². The van der Waals surface area contributed by atoms with E-state index in [1.165, 1.54) is 29.1 Å². The number of thioether (sulfide) groups is 1. The van der Waals surface area contributed by atoms with Gasteiger partial charge >= 0.3 is 0 Å². The first-order chi connectivity index (χ1) is 16.0. The Bertz CT molecular complexity index is 1230. The summed E-state index contributed by atoms with van der Waals surface area (Å²) in [6, 6.07) is 19.1.